The van der Waals surface area contributed by atoms with Crippen molar-refractivity contribution in [2.24, 2.45) is 0 Å². The second-order valence-electron chi connectivity index (χ2n) is 5.56. The van der Waals surface area contributed by atoms with Crippen LogP contribution in [0.4, 0.5) is 0 Å². The van der Waals surface area contributed by atoms with Gasteiger partial charge in [0.2, 0.25) is 0 Å². The molecular formula is C17H25BrN2O3. The van der Waals surface area contributed by atoms with Gasteiger partial charge < -0.3 is 14.8 Å². The van der Waals surface area contributed by atoms with E-state index >= 15 is 0 Å². The molecule has 2 rings (SSSR count). The molecule has 1 aromatic carbocycles. The van der Waals surface area contributed by atoms with E-state index in [2.05, 4.69) is 33.1 Å². The van der Waals surface area contributed by atoms with Crippen LogP contribution in [-0.4, -0.2) is 50.2 Å². The summed E-state index contributed by atoms with van der Waals surface area (Å²) in [6, 6.07) is 3.93. The number of rotatable bonds is 7. The second-order valence-corrected chi connectivity index (χ2v) is 6.41. The van der Waals surface area contributed by atoms with Crippen LogP contribution in [0.25, 0.3) is 0 Å². The van der Waals surface area contributed by atoms with E-state index in [1.165, 1.54) is 6.42 Å². The summed E-state index contributed by atoms with van der Waals surface area (Å²) < 4.78 is 11.6. The summed E-state index contributed by atoms with van der Waals surface area (Å²) in [6.45, 7) is 7.44. The molecule has 0 radical (unpaired) electrons. The highest BCUT2D eigenvalue weighted by Crippen LogP contribution is 2.36. The molecule has 23 heavy (non-hydrogen) atoms. The number of likely N-dealkylation sites (tertiary alicyclic amines) is 1. The normalized spacial score (nSPS) is 18.0. The fraction of sp³-hybridized carbons (Fsp3) is 0.588. The molecule has 6 heteroatoms. The molecule has 0 spiro atoms. The Bertz CT molecular complexity index is 551. The summed E-state index contributed by atoms with van der Waals surface area (Å²) in [5.74, 6) is 1.09. The van der Waals surface area contributed by atoms with Crippen molar-refractivity contribution in [1.29, 1.82) is 0 Å². The number of amides is 1. The van der Waals surface area contributed by atoms with Gasteiger partial charge in [-0.1, -0.05) is 6.92 Å². The minimum atomic E-state index is -0.0880. The molecule has 0 aliphatic carbocycles. The maximum Gasteiger partial charge on any atom is 0.251 e. The van der Waals surface area contributed by atoms with Gasteiger partial charge in [0.05, 0.1) is 18.2 Å². The zero-order chi connectivity index (χ0) is 16.8. The Morgan fingerprint density at radius 2 is 2.22 bits per heavy atom. The fourth-order valence-corrected chi connectivity index (χ4v) is 3.55. The molecule has 1 heterocycles. The first kappa shape index (κ1) is 18.1. The Balaban J connectivity index is 2.05. The molecular weight excluding hydrogens is 360 g/mol. The summed E-state index contributed by atoms with van der Waals surface area (Å²) in [7, 11) is 1.57. The number of hydrogen-bond donors (Lipinski definition) is 1. The van der Waals surface area contributed by atoms with E-state index < -0.39 is 0 Å². The molecule has 1 aliphatic heterocycles. The van der Waals surface area contributed by atoms with Gasteiger partial charge in [-0.25, -0.2) is 0 Å². The molecule has 1 amide bonds. The van der Waals surface area contributed by atoms with Crippen LogP contribution in [0, 0.1) is 0 Å². The van der Waals surface area contributed by atoms with Crippen LogP contribution < -0.4 is 14.8 Å². The zero-order valence-corrected chi connectivity index (χ0v) is 15.6. The van der Waals surface area contributed by atoms with Gasteiger partial charge >= 0.3 is 0 Å². The summed E-state index contributed by atoms with van der Waals surface area (Å²) in [4.78, 5) is 14.9. The first-order valence-electron chi connectivity index (χ1n) is 8.13. The Morgan fingerprint density at radius 3 is 2.87 bits per heavy atom. The van der Waals surface area contributed by atoms with E-state index in [0.29, 0.717) is 36.3 Å². The van der Waals surface area contributed by atoms with Crippen LogP contribution in [-0.2, 0) is 0 Å². The number of methoxy groups -OCH3 is 1. The highest BCUT2D eigenvalue weighted by Gasteiger charge is 2.23. The molecule has 1 fully saturated rings. The highest BCUT2D eigenvalue weighted by atomic mass is 79.9. The number of nitrogens with zero attached hydrogens (tertiary/aromatic N) is 1. The Labute approximate surface area is 146 Å². The third-order valence-electron chi connectivity index (χ3n) is 4.18. The van der Waals surface area contributed by atoms with Gasteiger partial charge in [0.15, 0.2) is 11.5 Å². The second kappa shape index (κ2) is 8.55. The van der Waals surface area contributed by atoms with Crippen molar-refractivity contribution in [3.05, 3.63) is 22.2 Å². The molecule has 1 unspecified atom stereocenters. The lowest BCUT2D eigenvalue weighted by molar-refractivity contribution is 0.0941. The van der Waals surface area contributed by atoms with Gasteiger partial charge in [0.1, 0.15) is 0 Å². The van der Waals surface area contributed by atoms with Gasteiger partial charge in [0.25, 0.3) is 5.91 Å². The highest BCUT2D eigenvalue weighted by molar-refractivity contribution is 9.10. The van der Waals surface area contributed by atoms with Gasteiger partial charge in [-0.05, 0) is 60.9 Å². The van der Waals surface area contributed by atoms with E-state index in [0.717, 1.165) is 24.0 Å². The average molecular weight is 385 g/mol. The molecule has 1 aliphatic rings. The van der Waals surface area contributed by atoms with Crippen molar-refractivity contribution < 1.29 is 14.3 Å². The third kappa shape index (κ3) is 4.38. The summed E-state index contributed by atoms with van der Waals surface area (Å²) in [6.07, 6.45) is 2.35. The molecule has 0 saturated carbocycles. The standard InChI is InChI=1S/C17H25BrN2O3/c1-4-20-8-6-7-13(20)11-19-17(21)12-9-14(18)16(23-5-2)15(10-12)22-3/h9-10,13H,4-8,11H2,1-3H3,(H,19,21). The molecule has 0 bridgehead atoms. The average Bonchev–Trinajstić information content (AvgIpc) is 3.01. The number of halogens is 1. The van der Waals surface area contributed by atoms with Crippen molar-refractivity contribution in [3.8, 4) is 11.5 Å². The quantitative estimate of drug-likeness (QED) is 0.784. The van der Waals surface area contributed by atoms with E-state index in [1.54, 1.807) is 19.2 Å². The molecule has 128 valence electrons. The lowest BCUT2D eigenvalue weighted by atomic mass is 10.1. The Morgan fingerprint density at radius 1 is 1.43 bits per heavy atom. The van der Waals surface area contributed by atoms with Gasteiger partial charge in [-0.15, -0.1) is 0 Å². The summed E-state index contributed by atoms with van der Waals surface area (Å²) >= 11 is 3.45. The number of carbonyl (C=O) groups is 1. The molecule has 1 N–H and O–H groups in total. The smallest absolute Gasteiger partial charge is 0.251 e. The molecule has 1 atom stereocenters. The Kier molecular flexibility index (Phi) is 6.72. The van der Waals surface area contributed by atoms with Crippen molar-refractivity contribution >= 4 is 21.8 Å². The van der Waals surface area contributed by atoms with Crippen molar-refractivity contribution in [1.82, 2.24) is 10.2 Å². The maximum atomic E-state index is 12.4. The number of nitrogens with one attached hydrogen (secondary N) is 1. The minimum Gasteiger partial charge on any atom is -0.493 e. The largest absolute Gasteiger partial charge is 0.493 e. The topological polar surface area (TPSA) is 50.8 Å². The lowest BCUT2D eigenvalue weighted by Gasteiger charge is -2.23. The zero-order valence-electron chi connectivity index (χ0n) is 14.0. The summed E-state index contributed by atoms with van der Waals surface area (Å²) in [5.41, 5.74) is 0.568. The predicted octanol–water partition coefficient (Wildman–Crippen LogP) is 3.07. The monoisotopic (exact) mass is 384 g/mol. The molecule has 0 aromatic heterocycles. The van der Waals surface area contributed by atoms with E-state index in [9.17, 15) is 4.79 Å². The van der Waals surface area contributed by atoms with E-state index in [-0.39, 0.29) is 5.91 Å². The van der Waals surface area contributed by atoms with Gasteiger partial charge in [0, 0.05) is 18.2 Å². The van der Waals surface area contributed by atoms with Crippen LogP contribution in [0.5, 0.6) is 11.5 Å². The van der Waals surface area contributed by atoms with Crippen LogP contribution in [0.1, 0.15) is 37.0 Å². The van der Waals surface area contributed by atoms with Crippen LogP contribution >= 0.6 is 15.9 Å². The number of likely N-dealkylation sites (N-methyl/N-ethyl adjacent to an activating group) is 1. The van der Waals surface area contributed by atoms with Gasteiger partial charge in [-0.3, -0.25) is 9.69 Å². The summed E-state index contributed by atoms with van der Waals surface area (Å²) in [5, 5.41) is 3.04. The fourth-order valence-electron chi connectivity index (χ4n) is 2.99. The van der Waals surface area contributed by atoms with Crippen molar-refractivity contribution in [3.63, 3.8) is 0 Å². The maximum absolute atomic E-state index is 12.4. The first-order chi connectivity index (χ1) is 11.1. The minimum absolute atomic E-state index is 0.0880. The Hall–Kier alpha value is -1.27. The van der Waals surface area contributed by atoms with Crippen LogP contribution in [0.2, 0.25) is 0 Å². The van der Waals surface area contributed by atoms with E-state index in [1.807, 2.05) is 6.92 Å². The molecule has 1 saturated heterocycles. The first-order valence-corrected chi connectivity index (χ1v) is 8.92. The van der Waals surface area contributed by atoms with Crippen molar-refractivity contribution in [2.45, 2.75) is 32.7 Å². The van der Waals surface area contributed by atoms with Crippen LogP contribution in [0.3, 0.4) is 0 Å². The predicted molar refractivity (Wildman–Crippen MR) is 94.5 cm³/mol. The molecule has 5 nitrogen and oxygen atoms in total. The molecule has 1 aromatic rings. The van der Waals surface area contributed by atoms with Gasteiger partial charge in [-0.2, -0.15) is 0 Å². The number of carbonyl (C=O) groups excluding carboxylic acids is 1. The lowest BCUT2D eigenvalue weighted by Crippen LogP contribution is -2.40. The third-order valence-corrected chi connectivity index (χ3v) is 4.77. The number of benzene rings is 1. The van der Waals surface area contributed by atoms with Crippen LogP contribution in [0.15, 0.2) is 16.6 Å². The SMILES string of the molecule is CCOc1c(Br)cc(C(=O)NCC2CCCN2CC)cc1OC. The van der Waals surface area contributed by atoms with Crippen molar-refractivity contribution in [2.75, 3.05) is 33.4 Å². The number of ether oxygens (including phenoxy) is 2. The number of hydrogen-bond acceptors (Lipinski definition) is 4. The van der Waals surface area contributed by atoms with E-state index in [4.69, 9.17) is 9.47 Å².